The molecule has 0 radical (unpaired) electrons. The van der Waals surface area contributed by atoms with Crippen molar-refractivity contribution in [1.82, 2.24) is 15.2 Å². The van der Waals surface area contributed by atoms with Gasteiger partial charge in [-0.1, -0.05) is 13.0 Å². The molecule has 0 unspecified atom stereocenters. The molecular formula is C13H23N3. The minimum atomic E-state index is 0.158. The van der Waals surface area contributed by atoms with Crippen molar-refractivity contribution < 1.29 is 0 Å². The van der Waals surface area contributed by atoms with Crippen LogP contribution >= 0.6 is 0 Å². The van der Waals surface area contributed by atoms with Crippen molar-refractivity contribution >= 4 is 0 Å². The van der Waals surface area contributed by atoms with E-state index in [-0.39, 0.29) is 5.54 Å². The van der Waals surface area contributed by atoms with Gasteiger partial charge < -0.3 is 10.2 Å². The van der Waals surface area contributed by atoms with Gasteiger partial charge in [0.25, 0.3) is 0 Å². The van der Waals surface area contributed by atoms with Gasteiger partial charge in [0, 0.05) is 31.0 Å². The van der Waals surface area contributed by atoms with E-state index >= 15 is 0 Å². The molecule has 0 saturated heterocycles. The highest BCUT2D eigenvalue weighted by molar-refractivity contribution is 5.08. The summed E-state index contributed by atoms with van der Waals surface area (Å²) in [4.78, 5) is 6.45. The largest absolute Gasteiger partial charge is 0.311 e. The molecule has 0 aliphatic heterocycles. The maximum Gasteiger partial charge on any atom is 0.0312 e. The van der Waals surface area contributed by atoms with Crippen LogP contribution in [0.15, 0.2) is 24.5 Å². The standard InChI is InChI=1S/C13H23N3/c1-5-15-13(2,3)11-16(4)10-12-7-6-8-14-9-12/h6-9,15H,5,10-11H2,1-4H3. The summed E-state index contributed by atoms with van der Waals surface area (Å²) in [6.07, 6.45) is 3.74. The van der Waals surface area contributed by atoms with Gasteiger partial charge in [0.2, 0.25) is 0 Å². The highest BCUT2D eigenvalue weighted by atomic mass is 15.1. The fraction of sp³-hybridized carbons (Fsp3) is 0.615. The molecule has 0 spiro atoms. The van der Waals surface area contributed by atoms with Gasteiger partial charge in [0.1, 0.15) is 0 Å². The first-order chi connectivity index (χ1) is 7.53. The summed E-state index contributed by atoms with van der Waals surface area (Å²) in [5.41, 5.74) is 1.42. The second-order valence-electron chi connectivity index (χ2n) is 4.95. The fourth-order valence-corrected chi connectivity index (χ4v) is 2.07. The Balaban J connectivity index is 2.44. The fourth-order valence-electron chi connectivity index (χ4n) is 2.07. The van der Waals surface area contributed by atoms with Crippen molar-refractivity contribution in [2.75, 3.05) is 20.1 Å². The molecule has 1 aromatic rings. The molecular weight excluding hydrogens is 198 g/mol. The highest BCUT2D eigenvalue weighted by Gasteiger charge is 2.18. The quantitative estimate of drug-likeness (QED) is 0.795. The van der Waals surface area contributed by atoms with Crippen LogP contribution in [-0.2, 0) is 6.54 Å². The smallest absolute Gasteiger partial charge is 0.0312 e. The topological polar surface area (TPSA) is 28.2 Å². The Morgan fingerprint density at radius 2 is 2.19 bits per heavy atom. The lowest BCUT2D eigenvalue weighted by molar-refractivity contribution is 0.231. The first-order valence-corrected chi connectivity index (χ1v) is 5.86. The Morgan fingerprint density at radius 3 is 2.75 bits per heavy atom. The molecule has 0 bridgehead atoms. The lowest BCUT2D eigenvalue weighted by Gasteiger charge is -2.31. The van der Waals surface area contributed by atoms with Crippen LogP contribution in [0.4, 0.5) is 0 Å². The molecule has 3 heteroatoms. The van der Waals surface area contributed by atoms with Gasteiger partial charge in [0.05, 0.1) is 0 Å². The summed E-state index contributed by atoms with van der Waals surface area (Å²) in [7, 11) is 2.14. The number of hydrogen-bond donors (Lipinski definition) is 1. The predicted octanol–water partition coefficient (Wildman–Crippen LogP) is 1.90. The van der Waals surface area contributed by atoms with Gasteiger partial charge in [-0.25, -0.2) is 0 Å². The number of nitrogens with one attached hydrogen (secondary N) is 1. The summed E-state index contributed by atoms with van der Waals surface area (Å²) < 4.78 is 0. The van der Waals surface area contributed by atoms with Crippen molar-refractivity contribution in [2.45, 2.75) is 32.9 Å². The normalized spacial score (nSPS) is 12.1. The minimum Gasteiger partial charge on any atom is -0.311 e. The zero-order valence-corrected chi connectivity index (χ0v) is 10.8. The predicted molar refractivity (Wildman–Crippen MR) is 68.3 cm³/mol. The van der Waals surface area contributed by atoms with Crippen molar-refractivity contribution in [3.63, 3.8) is 0 Å². The second kappa shape index (κ2) is 5.97. The molecule has 1 heterocycles. The first-order valence-electron chi connectivity index (χ1n) is 5.86. The molecule has 0 amide bonds. The number of nitrogens with zero attached hydrogens (tertiary/aromatic N) is 2. The number of pyridine rings is 1. The highest BCUT2D eigenvalue weighted by Crippen LogP contribution is 2.07. The number of likely N-dealkylation sites (N-methyl/N-ethyl adjacent to an activating group) is 2. The first kappa shape index (κ1) is 13.1. The molecule has 16 heavy (non-hydrogen) atoms. The van der Waals surface area contributed by atoms with Crippen molar-refractivity contribution in [2.24, 2.45) is 0 Å². The SMILES string of the molecule is CCNC(C)(C)CN(C)Cc1cccnc1. The van der Waals surface area contributed by atoms with Crippen LogP contribution in [-0.4, -0.2) is 35.6 Å². The molecule has 0 atom stereocenters. The summed E-state index contributed by atoms with van der Waals surface area (Å²) >= 11 is 0. The molecule has 0 aromatic carbocycles. The van der Waals surface area contributed by atoms with Crippen LogP contribution in [0, 0.1) is 0 Å². The lowest BCUT2D eigenvalue weighted by atomic mass is 10.0. The van der Waals surface area contributed by atoms with Crippen LogP contribution in [0.25, 0.3) is 0 Å². The molecule has 90 valence electrons. The lowest BCUT2D eigenvalue weighted by Crippen LogP contribution is -2.47. The summed E-state index contributed by atoms with van der Waals surface area (Å²) in [5, 5.41) is 3.48. The maximum absolute atomic E-state index is 4.13. The van der Waals surface area contributed by atoms with Gasteiger partial charge in [-0.15, -0.1) is 0 Å². The van der Waals surface area contributed by atoms with Crippen molar-refractivity contribution in [1.29, 1.82) is 0 Å². The Bertz CT molecular complexity index is 295. The van der Waals surface area contributed by atoms with E-state index in [0.717, 1.165) is 19.6 Å². The zero-order chi connectivity index (χ0) is 12.0. The van der Waals surface area contributed by atoms with Crippen LogP contribution in [0.2, 0.25) is 0 Å². The van der Waals surface area contributed by atoms with E-state index in [4.69, 9.17) is 0 Å². The average Bonchev–Trinajstić information content (AvgIpc) is 2.17. The van der Waals surface area contributed by atoms with Crippen LogP contribution in [0.5, 0.6) is 0 Å². The van der Waals surface area contributed by atoms with Gasteiger partial charge >= 0.3 is 0 Å². The maximum atomic E-state index is 4.13. The number of aromatic nitrogens is 1. The molecule has 0 saturated carbocycles. The van der Waals surface area contributed by atoms with E-state index in [9.17, 15) is 0 Å². The molecule has 1 aromatic heterocycles. The molecule has 0 fully saturated rings. The van der Waals surface area contributed by atoms with E-state index < -0.39 is 0 Å². The van der Waals surface area contributed by atoms with Crippen molar-refractivity contribution in [3.05, 3.63) is 30.1 Å². The molecule has 0 aliphatic rings. The van der Waals surface area contributed by atoms with Gasteiger partial charge in [-0.05, 0) is 39.1 Å². The van der Waals surface area contributed by atoms with E-state index in [0.29, 0.717) is 0 Å². The minimum absolute atomic E-state index is 0.158. The van der Waals surface area contributed by atoms with Gasteiger partial charge in [-0.2, -0.15) is 0 Å². The summed E-state index contributed by atoms with van der Waals surface area (Å²) in [5.74, 6) is 0. The molecule has 0 aliphatic carbocycles. The third-order valence-corrected chi connectivity index (χ3v) is 2.50. The summed E-state index contributed by atoms with van der Waals surface area (Å²) in [6, 6.07) is 4.10. The van der Waals surface area contributed by atoms with Gasteiger partial charge in [-0.3, -0.25) is 4.98 Å². The van der Waals surface area contributed by atoms with Crippen LogP contribution in [0.1, 0.15) is 26.3 Å². The van der Waals surface area contributed by atoms with E-state index in [1.54, 1.807) is 0 Å². The van der Waals surface area contributed by atoms with Crippen LogP contribution in [0.3, 0.4) is 0 Å². The molecule has 1 rings (SSSR count). The zero-order valence-electron chi connectivity index (χ0n) is 10.8. The number of hydrogen-bond acceptors (Lipinski definition) is 3. The Labute approximate surface area is 98.9 Å². The monoisotopic (exact) mass is 221 g/mol. The Morgan fingerprint density at radius 1 is 1.44 bits per heavy atom. The third kappa shape index (κ3) is 4.73. The molecule has 1 N–H and O–H groups in total. The number of rotatable bonds is 6. The van der Waals surface area contributed by atoms with Crippen molar-refractivity contribution in [3.8, 4) is 0 Å². The van der Waals surface area contributed by atoms with E-state index in [1.165, 1.54) is 5.56 Å². The second-order valence-corrected chi connectivity index (χ2v) is 4.95. The summed E-state index contributed by atoms with van der Waals surface area (Å²) in [6.45, 7) is 9.58. The van der Waals surface area contributed by atoms with Gasteiger partial charge in [0.15, 0.2) is 0 Å². The van der Waals surface area contributed by atoms with Crippen LogP contribution < -0.4 is 5.32 Å². The molecule has 3 nitrogen and oxygen atoms in total. The Kier molecular flexibility index (Phi) is 4.90. The van der Waals surface area contributed by atoms with E-state index in [1.807, 2.05) is 18.5 Å². The third-order valence-electron chi connectivity index (χ3n) is 2.50. The average molecular weight is 221 g/mol. The van der Waals surface area contributed by atoms with E-state index in [2.05, 4.69) is 49.1 Å². The Hall–Kier alpha value is -0.930.